The lowest BCUT2D eigenvalue weighted by atomic mass is 10.1. The number of azide groups is 1. The molecule has 1 unspecified atom stereocenters. The second-order valence-corrected chi connectivity index (χ2v) is 13.3. The van der Waals surface area contributed by atoms with Gasteiger partial charge in [0.05, 0.1) is 49.7 Å². The van der Waals surface area contributed by atoms with Crippen molar-refractivity contribution >= 4 is 28.7 Å². The lowest BCUT2D eigenvalue weighted by Crippen LogP contribution is -2.33. The van der Waals surface area contributed by atoms with Crippen LogP contribution in [0, 0.1) is 6.92 Å². The molecule has 58 heavy (non-hydrogen) atoms. The molecule has 3 aromatic heterocycles. The minimum absolute atomic E-state index is 0.111. The summed E-state index contributed by atoms with van der Waals surface area (Å²) in [6.45, 7) is 4.76. The van der Waals surface area contributed by atoms with Crippen LogP contribution in [0.15, 0.2) is 62.6 Å². The van der Waals surface area contributed by atoms with Gasteiger partial charge in [-0.1, -0.05) is 5.11 Å². The highest BCUT2D eigenvalue weighted by Crippen LogP contribution is 2.31. The van der Waals surface area contributed by atoms with Gasteiger partial charge in [0.1, 0.15) is 24.5 Å². The Kier molecular flexibility index (Phi) is 17.4. The van der Waals surface area contributed by atoms with Gasteiger partial charge in [-0.05, 0) is 57.7 Å². The van der Waals surface area contributed by atoms with Crippen LogP contribution in [0.25, 0.3) is 21.6 Å². The third-order valence-electron chi connectivity index (χ3n) is 8.28. The number of ether oxygens (including phenoxy) is 2. The van der Waals surface area contributed by atoms with Crippen molar-refractivity contribution in [3.8, 4) is 0 Å². The molecule has 0 saturated carbocycles. The Balaban J connectivity index is 0.000000219. The number of aliphatic hydroxyl groups is 5. The van der Waals surface area contributed by atoms with Crippen molar-refractivity contribution in [1.82, 2.24) is 34.0 Å². The van der Waals surface area contributed by atoms with E-state index >= 15 is 0 Å². The Morgan fingerprint density at radius 3 is 2.22 bits per heavy atom. The molecule has 316 valence electrons. The maximum absolute atomic E-state index is 11.7. The van der Waals surface area contributed by atoms with Crippen LogP contribution in [0.1, 0.15) is 48.6 Å². The molecule has 2 aliphatic heterocycles. The number of aliphatic hydroxyl groups excluding tert-OH is 5. The molecule has 0 aliphatic carbocycles. The Hall–Kier alpha value is -5.82. The van der Waals surface area contributed by atoms with E-state index in [1.165, 1.54) is 47.0 Å². The minimum atomic E-state index is -1.24. The summed E-state index contributed by atoms with van der Waals surface area (Å²) in [5, 5.41) is 61.1. The highest BCUT2D eigenvalue weighted by molar-refractivity contribution is 5.91. The number of aromatic amines is 2. The standard InChI is InChI=1S/C10H13N5O4.C10H12N4O5.C9H9NO3.C5H13NO/c1-5-3-15(10(18)12-9(5)17)8-2-6(13-14-11)7(4-16)19-8;15-1-4-6(16)7(17)10(19-4)14-3-13-5-8(14)11-2-12-9(5)18;1-6(11)10-8-4-2-7(3-5-8)9(12)13;1-5(7)4-6(2)3/h3,6-8,16H,2,4H2,1H3,(H,12,17,18);2-4,6-7,10,15-17H,1H2,(H,11,12,18);2-5H,1H3,(H,10,11)(H,12,13);5,7H,4H2,1-3H3/t6-,7+,8+;4-,6-,7-,10-;;/m01../s1. The normalized spacial score (nSPS) is 22.6. The smallest absolute Gasteiger partial charge is 0.335 e. The lowest BCUT2D eigenvalue weighted by molar-refractivity contribution is -0.114. The summed E-state index contributed by atoms with van der Waals surface area (Å²) < 4.78 is 13.4. The molecular formula is C34H47N11O13. The summed E-state index contributed by atoms with van der Waals surface area (Å²) in [5.74, 6) is -1.16. The van der Waals surface area contributed by atoms with Crippen molar-refractivity contribution in [1.29, 1.82) is 0 Å². The molecule has 24 nitrogen and oxygen atoms in total. The summed E-state index contributed by atoms with van der Waals surface area (Å²) in [6, 6.07) is 5.43. The number of fused-ring (bicyclic) bond motifs is 1. The molecule has 2 aliphatic rings. The zero-order valence-electron chi connectivity index (χ0n) is 32.1. The number of hydrogen-bond donors (Lipinski definition) is 9. The Labute approximate surface area is 328 Å². The molecule has 9 N–H and O–H groups in total. The van der Waals surface area contributed by atoms with Gasteiger partial charge in [-0.25, -0.2) is 19.6 Å². The summed E-state index contributed by atoms with van der Waals surface area (Å²) in [6.07, 6.45) is -1.65. The number of amides is 1. The third kappa shape index (κ3) is 12.6. The largest absolute Gasteiger partial charge is 0.478 e. The average molecular weight is 818 g/mol. The van der Waals surface area contributed by atoms with Gasteiger partial charge in [0.15, 0.2) is 17.4 Å². The monoisotopic (exact) mass is 817 g/mol. The second kappa shape index (κ2) is 21.6. The minimum Gasteiger partial charge on any atom is -0.478 e. The maximum atomic E-state index is 11.7. The van der Waals surface area contributed by atoms with Gasteiger partial charge in [-0.15, -0.1) is 0 Å². The van der Waals surface area contributed by atoms with E-state index in [4.69, 9.17) is 35.4 Å². The molecule has 0 spiro atoms. The van der Waals surface area contributed by atoms with Gasteiger partial charge in [-0.3, -0.25) is 28.5 Å². The fraction of sp³-hybridized carbons (Fsp3) is 0.500. The van der Waals surface area contributed by atoms with Crippen LogP contribution in [0.5, 0.6) is 0 Å². The van der Waals surface area contributed by atoms with E-state index in [-0.39, 0.29) is 41.8 Å². The Morgan fingerprint density at radius 1 is 1.05 bits per heavy atom. The number of aryl methyl sites for hydroxylation is 1. The van der Waals surface area contributed by atoms with Crippen molar-refractivity contribution in [2.45, 2.75) is 76.2 Å². The van der Waals surface area contributed by atoms with Crippen LogP contribution in [-0.4, -0.2) is 147 Å². The van der Waals surface area contributed by atoms with Crippen LogP contribution < -0.4 is 22.1 Å². The quantitative estimate of drug-likeness (QED) is 0.0544. The molecule has 2 saturated heterocycles. The van der Waals surface area contributed by atoms with Crippen molar-refractivity contribution in [3.63, 3.8) is 0 Å². The fourth-order valence-electron chi connectivity index (χ4n) is 5.63. The predicted molar refractivity (Wildman–Crippen MR) is 204 cm³/mol. The molecule has 24 heteroatoms. The average Bonchev–Trinajstić information content (AvgIpc) is 3.86. The SMILES string of the molecule is CC(=O)Nc1ccc(C(=O)O)cc1.CC(O)CN(C)C.Cc1cn([C@H]2C[C@H](N=[N+]=[N-])[C@@H](CO)O2)c(=O)[nH]c1=O.O=c1[nH]cnc2c1ncn2[C@@H]1O[C@H](CO)[C@@H](O)[C@H]1O. The molecule has 2 fully saturated rings. The highest BCUT2D eigenvalue weighted by atomic mass is 16.6. The van der Waals surface area contributed by atoms with Gasteiger partial charge < -0.3 is 55.3 Å². The van der Waals surface area contributed by atoms with E-state index < -0.39 is 72.3 Å². The maximum Gasteiger partial charge on any atom is 0.335 e. The Bertz CT molecular complexity index is 2190. The molecule has 6 rings (SSSR count). The fourth-order valence-corrected chi connectivity index (χ4v) is 5.63. The zero-order chi connectivity index (χ0) is 43.3. The number of benzene rings is 1. The number of anilines is 1. The number of imidazole rings is 1. The Morgan fingerprint density at radius 2 is 1.71 bits per heavy atom. The van der Waals surface area contributed by atoms with Crippen LogP contribution in [0.2, 0.25) is 0 Å². The first-order valence-corrected chi connectivity index (χ1v) is 17.5. The number of carboxylic acids is 1. The van der Waals surface area contributed by atoms with Crippen molar-refractivity contribution in [2.75, 3.05) is 39.2 Å². The first kappa shape index (κ1) is 46.6. The number of hydrogen-bond acceptors (Lipinski definition) is 16. The predicted octanol–water partition coefficient (Wildman–Crippen LogP) is -1.19. The number of carboxylic acid groups (broad SMARTS) is 1. The van der Waals surface area contributed by atoms with E-state index in [1.807, 2.05) is 19.0 Å². The molecule has 5 heterocycles. The molecular weight excluding hydrogens is 770 g/mol. The summed E-state index contributed by atoms with van der Waals surface area (Å²) in [7, 11) is 3.87. The third-order valence-corrected chi connectivity index (χ3v) is 8.28. The molecule has 0 radical (unpaired) electrons. The number of rotatable bonds is 9. The molecule has 0 bridgehead atoms. The first-order valence-electron chi connectivity index (χ1n) is 17.5. The van der Waals surface area contributed by atoms with E-state index in [0.29, 0.717) is 11.3 Å². The van der Waals surface area contributed by atoms with Gasteiger partial charge in [0.25, 0.3) is 11.1 Å². The van der Waals surface area contributed by atoms with E-state index in [0.717, 1.165) is 6.54 Å². The van der Waals surface area contributed by atoms with Crippen molar-refractivity contribution in [3.05, 3.63) is 95.9 Å². The summed E-state index contributed by atoms with van der Waals surface area (Å²) >= 11 is 0. The number of aromatic nitrogens is 6. The number of H-pyrrole nitrogens is 2. The van der Waals surface area contributed by atoms with Gasteiger partial charge >= 0.3 is 11.7 Å². The highest BCUT2D eigenvalue weighted by Gasteiger charge is 2.44. The summed E-state index contributed by atoms with van der Waals surface area (Å²) in [4.78, 5) is 72.6. The molecule has 4 aromatic rings. The van der Waals surface area contributed by atoms with Crippen molar-refractivity contribution < 1.29 is 49.7 Å². The lowest BCUT2D eigenvalue weighted by Gasteiger charge is -2.16. The van der Waals surface area contributed by atoms with Crippen LogP contribution >= 0.6 is 0 Å². The first-order chi connectivity index (χ1) is 27.4. The number of carbonyl (C=O) groups excluding carboxylic acids is 1. The van der Waals surface area contributed by atoms with E-state index in [1.54, 1.807) is 26.0 Å². The van der Waals surface area contributed by atoms with Gasteiger partial charge in [0.2, 0.25) is 5.91 Å². The summed E-state index contributed by atoms with van der Waals surface area (Å²) in [5.41, 5.74) is 8.49. The molecule has 1 amide bonds. The van der Waals surface area contributed by atoms with E-state index in [9.17, 15) is 34.2 Å². The number of carbonyl (C=O) groups is 2. The number of likely N-dealkylation sites (N-methyl/N-ethyl adjacent to an activating group) is 1. The van der Waals surface area contributed by atoms with Gasteiger partial charge in [-0.2, -0.15) is 0 Å². The topological polar surface area (TPSA) is 356 Å². The molecule has 8 atom stereocenters. The van der Waals surface area contributed by atoms with Crippen LogP contribution in [-0.2, 0) is 14.3 Å². The number of aromatic carboxylic acids is 1. The van der Waals surface area contributed by atoms with Gasteiger partial charge in [0, 0.05) is 42.2 Å². The second-order valence-electron chi connectivity index (χ2n) is 13.3. The molecule has 1 aromatic carbocycles. The van der Waals surface area contributed by atoms with Crippen molar-refractivity contribution in [2.24, 2.45) is 5.11 Å². The van der Waals surface area contributed by atoms with E-state index in [2.05, 4.69) is 35.3 Å². The number of nitrogens with one attached hydrogen (secondary N) is 3. The van der Waals surface area contributed by atoms with Crippen LogP contribution in [0.4, 0.5) is 5.69 Å². The number of nitrogens with zero attached hydrogens (tertiary/aromatic N) is 8. The van der Waals surface area contributed by atoms with Crippen LogP contribution in [0.3, 0.4) is 0 Å². The zero-order valence-corrected chi connectivity index (χ0v) is 32.1.